The molecular weight excluding hydrogens is 256 g/mol. The van der Waals surface area contributed by atoms with Crippen LogP contribution in [0, 0.1) is 5.92 Å². The summed E-state index contributed by atoms with van der Waals surface area (Å²) in [5, 5.41) is 0. The van der Waals surface area contributed by atoms with Crippen LogP contribution < -0.4 is 5.73 Å². The quantitative estimate of drug-likeness (QED) is 0.630. The van der Waals surface area contributed by atoms with Gasteiger partial charge in [0.2, 0.25) is 0 Å². The summed E-state index contributed by atoms with van der Waals surface area (Å²) in [5.41, 5.74) is 6.11. The summed E-state index contributed by atoms with van der Waals surface area (Å²) >= 11 is 2.01. The molecule has 2 rings (SSSR count). The standard InChI is InChI=1S/C14H28N4S/c1-12(2)18-5-3-4-13(11-18)10-16-14(15)17-6-8-19-9-7-17/h12-13H,3-11H2,1-2H3,(H2,15,16). The number of piperidine rings is 1. The van der Waals surface area contributed by atoms with E-state index in [4.69, 9.17) is 5.73 Å². The highest BCUT2D eigenvalue weighted by Gasteiger charge is 2.21. The molecule has 2 N–H and O–H groups in total. The first-order valence-electron chi connectivity index (χ1n) is 7.53. The van der Waals surface area contributed by atoms with Crippen LogP contribution >= 0.6 is 11.8 Å². The predicted octanol–water partition coefficient (Wildman–Crippen LogP) is 1.47. The summed E-state index contributed by atoms with van der Waals surface area (Å²) in [6, 6.07) is 0.656. The molecule has 2 fully saturated rings. The Morgan fingerprint density at radius 2 is 2.05 bits per heavy atom. The Morgan fingerprint density at radius 1 is 1.32 bits per heavy atom. The van der Waals surface area contributed by atoms with Crippen molar-refractivity contribution >= 4 is 17.7 Å². The summed E-state index contributed by atoms with van der Waals surface area (Å²) in [6.07, 6.45) is 2.61. The van der Waals surface area contributed by atoms with Crippen molar-refractivity contribution in [3.05, 3.63) is 0 Å². The third kappa shape index (κ3) is 4.56. The largest absolute Gasteiger partial charge is 0.370 e. The number of nitrogens with two attached hydrogens (primary N) is 1. The molecule has 0 bridgehead atoms. The van der Waals surface area contributed by atoms with Crippen LogP contribution in [0.5, 0.6) is 0 Å². The van der Waals surface area contributed by atoms with Crippen LogP contribution in [0.25, 0.3) is 0 Å². The van der Waals surface area contributed by atoms with Gasteiger partial charge in [-0.05, 0) is 39.2 Å². The van der Waals surface area contributed by atoms with E-state index in [2.05, 4.69) is 28.6 Å². The Morgan fingerprint density at radius 3 is 2.74 bits per heavy atom. The molecule has 0 aromatic carbocycles. The minimum atomic E-state index is 0.656. The number of nitrogens with zero attached hydrogens (tertiary/aromatic N) is 3. The molecule has 0 aromatic rings. The number of hydrogen-bond acceptors (Lipinski definition) is 3. The van der Waals surface area contributed by atoms with E-state index in [0.717, 1.165) is 25.6 Å². The van der Waals surface area contributed by atoms with Gasteiger partial charge in [0.1, 0.15) is 0 Å². The summed E-state index contributed by atoms with van der Waals surface area (Å²) in [7, 11) is 0. The van der Waals surface area contributed by atoms with Crippen LogP contribution in [-0.2, 0) is 0 Å². The van der Waals surface area contributed by atoms with Crippen molar-refractivity contribution in [2.75, 3.05) is 44.2 Å². The normalized spacial score (nSPS) is 27.0. The Balaban J connectivity index is 1.79. The van der Waals surface area contributed by atoms with E-state index < -0.39 is 0 Å². The molecule has 0 aliphatic carbocycles. The molecule has 0 radical (unpaired) electrons. The van der Waals surface area contributed by atoms with Crippen molar-refractivity contribution in [1.82, 2.24) is 9.80 Å². The second-order valence-corrected chi connectivity index (χ2v) is 7.12. The second kappa shape index (κ2) is 7.39. The summed E-state index contributed by atoms with van der Waals surface area (Å²) in [4.78, 5) is 9.45. The van der Waals surface area contributed by atoms with Gasteiger partial charge in [-0.25, -0.2) is 0 Å². The Labute approximate surface area is 121 Å². The van der Waals surface area contributed by atoms with Gasteiger partial charge >= 0.3 is 0 Å². The molecule has 0 aromatic heterocycles. The van der Waals surface area contributed by atoms with E-state index in [9.17, 15) is 0 Å². The molecule has 1 unspecified atom stereocenters. The van der Waals surface area contributed by atoms with E-state index in [1.54, 1.807) is 0 Å². The van der Waals surface area contributed by atoms with Gasteiger partial charge in [-0.2, -0.15) is 11.8 Å². The smallest absolute Gasteiger partial charge is 0.191 e. The third-order valence-corrected chi connectivity index (χ3v) is 5.07. The molecule has 0 amide bonds. The first-order chi connectivity index (χ1) is 9.16. The monoisotopic (exact) mass is 284 g/mol. The fourth-order valence-corrected chi connectivity index (χ4v) is 3.73. The number of guanidine groups is 1. The minimum absolute atomic E-state index is 0.656. The Kier molecular flexibility index (Phi) is 5.82. The first-order valence-corrected chi connectivity index (χ1v) is 8.69. The fourth-order valence-electron chi connectivity index (χ4n) is 2.83. The lowest BCUT2D eigenvalue weighted by Crippen LogP contribution is -2.44. The lowest BCUT2D eigenvalue weighted by Gasteiger charge is -2.35. The van der Waals surface area contributed by atoms with E-state index in [-0.39, 0.29) is 0 Å². The lowest BCUT2D eigenvalue weighted by atomic mass is 9.97. The maximum absolute atomic E-state index is 6.11. The van der Waals surface area contributed by atoms with Crippen LogP contribution in [-0.4, -0.2) is 66.0 Å². The topological polar surface area (TPSA) is 44.9 Å². The highest BCUT2D eigenvalue weighted by molar-refractivity contribution is 7.99. The number of thioether (sulfide) groups is 1. The molecule has 0 saturated carbocycles. The Bertz CT molecular complexity index is 300. The molecule has 19 heavy (non-hydrogen) atoms. The van der Waals surface area contributed by atoms with Crippen molar-refractivity contribution < 1.29 is 0 Å². The van der Waals surface area contributed by atoms with Gasteiger partial charge in [0.15, 0.2) is 5.96 Å². The maximum atomic E-state index is 6.11. The van der Waals surface area contributed by atoms with Crippen molar-refractivity contribution in [2.24, 2.45) is 16.6 Å². The molecule has 4 nitrogen and oxygen atoms in total. The number of likely N-dealkylation sites (tertiary alicyclic amines) is 1. The average Bonchev–Trinajstić information content (AvgIpc) is 2.46. The molecule has 1 atom stereocenters. The van der Waals surface area contributed by atoms with Crippen molar-refractivity contribution in [2.45, 2.75) is 32.7 Å². The maximum Gasteiger partial charge on any atom is 0.191 e. The first kappa shape index (κ1) is 15.0. The summed E-state index contributed by atoms with van der Waals surface area (Å²) in [6.45, 7) is 10.0. The van der Waals surface area contributed by atoms with Crippen molar-refractivity contribution in [1.29, 1.82) is 0 Å². The summed E-state index contributed by atoms with van der Waals surface area (Å²) < 4.78 is 0. The molecule has 110 valence electrons. The van der Waals surface area contributed by atoms with Crippen LogP contribution in [0.3, 0.4) is 0 Å². The van der Waals surface area contributed by atoms with E-state index >= 15 is 0 Å². The van der Waals surface area contributed by atoms with Gasteiger partial charge in [0.25, 0.3) is 0 Å². The second-order valence-electron chi connectivity index (χ2n) is 5.90. The molecule has 2 heterocycles. The third-order valence-electron chi connectivity index (χ3n) is 4.13. The van der Waals surface area contributed by atoms with Crippen LogP contribution in [0.4, 0.5) is 0 Å². The zero-order valence-electron chi connectivity index (χ0n) is 12.3. The minimum Gasteiger partial charge on any atom is -0.370 e. The van der Waals surface area contributed by atoms with Gasteiger partial charge in [-0.1, -0.05) is 0 Å². The van der Waals surface area contributed by atoms with Gasteiger partial charge in [-0.3, -0.25) is 4.99 Å². The number of rotatable bonds is 3. The summed E-state index contributed by atoms with van der Waals surface area (Å²) in [5.74, 6) is 3.82. The zero-order valence-corrected chi connectivity index (χ0v) is 13.2. The van der Waals surface area contributed by atoms with Gasteiger partial charge in [-0.15, -0.1) is 0 Å². The van der Waals surface area contributed by atoms with Crippen LogP contribution in [0.1, 0.15) is 26.7 Å². The molecule has 0 spiro atoms. The highest BCUT2D eigenvalue weighted by Crippen LogP contribution is 2.18. The molecular formula is C14H28N4S. The SMILES string of the molecule is CC(C)N1CCCC(CN=C(N)N2CCSCC2)C1. The molecule has 2 aliphatic heterocycles. The Hall–Kier alpha value is -0.420. The van der Waals surface area contributed by atoms with Crippen LogP contribution in [0.2, 0.25) is 0 Å². The van der Waals surface area contributed by atoms with Gasteiger partial charge < -0.3 is 15.5 Å². The fraction of sp³-hybridized carbons (Fsp3) is 0.929. The number of hydrogen-bond donors (Lipinski definition) is 1. The molecule has 2 aliphatic rings. The van der Waals surface area contributed by atoms with E-state index in [0.29, 0.717) is 12.0 Å². The predicted molar refractivity (Wildman–Crippen MR) is 84.8 cm³/mol. The lowest BCUT2D eigenvalue weighted by molar-refractivity contribution is 0.143. The average molecular weight is 284 g/mol. The number of aliphatic imine (C=N–C) groups is 1. The van der Waals surface area contributed by atoms with Gasteiger partial charge in [0.05, 0.1) is 0 Å². The zero-order chi connectivity index (χ0) is 13.7. The molecule has 5 heteroatoms. The van der Waals surface area contributed by atoms with Gasteiger partial charge in [0, 0.05) is 43.7 Å². The van der Waals surface area contributed by atoms with Crippen LogP contribution in [0.15, 0.2) is 4.99 Å². The highest BCUT2D eigenvalue weighted by atomic mass is 32.2. The molecule has 2 saturated heterocycles. The van der Waals surface area contributed by atoms with E-state index in [1.807, 2.05) is 11.8 Å². The van der Waals surface area contributed by atoms with Crippen molar-refractivity contribution in [3.63, 3.8) is 0 Å². The van der Waals surface area contributed by atoms with Crippen molar-refractivity contribution in [3.8, 4) is 0 Å². The van der Waals surface area contributed by atoms with E-state index in [1.165, 1.54) is 37.4 Å².